The van der Waals surface area contributed by atoms with Gasteiger partial charge in [-0.3, -0.25) is 0 Å². The van der Waals surface area contributed by atoms with Gasteiger partial charge in [0.15, 0.2) is 0 Å². The second-order valence-corrected chi connectivity index (χ2v) is 4.50. The van der Waals surface area contributed by atoms with E-state index in [4.69, 9.17) is 0 Å². The van der Waals surface area contributed by atoms with Crippen molar-refractivity contribution in [1.29, 1.82) is 0 Å². The molecule has 0 spiro atoms. The first kappa shape index (κ1) is 20.7. The summed E-state index contributed by atoms with van der Waals surface area (Å²) in [4.78, 5) is 0. The van der Waals surface area contributed by atoms with Gasteiger partial charge in [-0.1, -0.05) is 84.7 Å². The van der Waals surface area contributed by atoms with Crippen molar-refractivity contribution in [1.82, 2.24) is 6.15 Å². The highest BCUT2D eigenvalue weighted by Gasteiger charge is 1.89. The van der Waals surface area contributed by atoms with Crippen LogP contribution in [0, 0.1) is 20.3 Å². The first-order chi connectivity index (χ1) is 9.08. The SMILES string of the molecule is CC.CC1=CC=CC(C)=C[CH]1.Cc1ccc(C)cc1.N. The van der Waals surface area contributed by atoms with E-state index >= 15 is 0 Å². The number of benzene rings is 1. The Morgan fingerprint density at radius 3 is 1.55 bits per heavy atom. The molecule has 1 aromatic carbocycles. The molecule has 0 aromatic heterocycles. The molecule has 0 saturated carbocycles. The summed E-state index contributed by atoms with van der Waals surface area (Å²) in [6, 6.07) is 8.48. The molecule has 0 heterocycles. The van der Waals surface area contributed by atoms with Crippen LogP contribution in [0.5, 0.6) is 0 Å². The molecule has 1 heteroatoms. The normalized spacial score (nSPS) is 12.3. The van der Waals surface area contributed by atoms with Crippen LogP contribution in [-0.2, 0) is 0 Å². The van der Waals surface area contributed by atoms with Gasteiger partial charge in [0, 0.05) is 6.42 Å². The standard InChI is InChI=1S/C9H11.C8H10.C2H6.H3N/c1-8-4-3-5-9(2)7-6-8;1-7-3-5-8(2)6-4-7;1-2;/h3-7H,1-2H3;3-6H,1-2H3;1-2H3;1H3. The minimum atomic E-state index is 0. The topological polar surface area (TPSA) is 35.0 Å². The summed E-state index contributed by atoms with van der Waals surface area (Å²) in [6.07, 6.45) is 10.5. The van der Waals surface area contributed by atoms with Gasteiger partial charge in [0.05, 0.1) is 0 Å². The van der Waals surface area contributed by atoms with Gasteiger partial charge < -0.3 is 6.15 Å². The summed E-state index contributed by atoms with van der Waals surface area (Å²) in [5, 5.41) is 0. The van der Waals surface area contributed by atoms with Gasteiger partial charge >= 0.3 is 0 Å². The molecule has 1 nitrogen and oxygen atoms in total. The molecule has 1 aliphatic carbocycles. The van der Waals surface area contributed by atoms with Crippen molar-refractivity contribution in [2.75, 3.05) is 0 Å². The maximum absolute atomic E-state index is 2.12. The molecule has 111 valence electrons. The van der Waals surface area contributed by atoms with Crippen LogP contribution in [0.1, 0.15) is 38.8 Å². The zero-order valence-corrected chi connectivity index (χ0v) is 13.9. The second-order valence-electron chi connectivity index (χ2n) is 4.50. The summed E-state index contributed by atoms with van der Waals surface area (Å²) in [7, 11) is 0. The van der Waals surface area contributed by atoms with E-state index in [1.54, 1.807) is 0 Å². The van der Waals surface area contributed by atoms with Crippen molar-refractivity contribution in [2.24, 2.45) is 0 Å². The minimum absolute atomic E-state index is 0. The van der Waals surface area contributed by atoms with Gasteiger partial charge in [-0.2, -0.15) is 0 Å². The largest absolute Gasteiger partial charge is 0.344 e. The molecule has 0 bridgehead atoms. The molecule has 0 atom stereocenters. The summed E-state index contributed by atoms with van der Waals surface area (Å²) in [5.74, 6) is 0. The highest BCUT2D eigenvalue weighted by molar-refractivity contribution is 5.34. The average Bonchev–Trinajstić information content (AvgIpc) is 2.61. The predicted octanol–water partition coefficient (Wildman–Crippen LogP) is 6.14. The fraction of sp³-hybridized carbons (Fsp3) is 0.316. The lowest BCUT2D eigenvalue weighted by Gasteiger charge is -1.90. The van der Waals surface area contributed by atoms with Crippen LogP contribution >= 0.6 is 0 Å². The van der Waals surface area contributed by atoms with E-state index in [0.717, 1.165) is 0 Å². The third-order valence-corrected chi connectivity index (χ3v) is 2.55. The maximum atomic E-state index is 2.12. The molecule has 0 aliphatic heterocycles. The van der Waals surface area contributed by atoms with E-state index in [-0.39, 0.29) is 6.15 Å². The van der Waals surface area contributed by atoms with Crippen molar-refractivity contribution < 1.29 is 0 Å². The van der Waals surface area contributed by atoms with Crippen LogP contribution in [0.4, 0.5) is 0 Å². The first-order valence-corrected chi connectivity index (χ1v) is 6.98. The molecule has 1 aromatic rings. The monoisotopic (exact) mass is 272 g/mol. The smallest absolute Gasteiger partial charge is 0.00833 e. The highest BCUT2D eigenvalue weighted by Crippen LogP contribution is 2.08. The second kappa shape index (κ2) is 12.4. The summed E-state index contributed by atoms with van der Waals surface area (Å²) < 4.78 is 0. The van der Waals surface area contributed by atoms with Crippen LogP contribution in [-0.4, -0.2) is 0 Å². The Morgan fingerprint density at radius 2 is 1.10 bits per heavy atom. The number of aryl methyl sites for hydroxylation is 2. The molecule has 20 heavy (non-hydrogen) atoms. The van der Waals surface area contributed by atoms with E-state index in [0.29, 0.717) is 0 Å². The molecule has 0 amide bonds. The molecular weight excluding hydrogens is 242 g/mol. The van der Waals surface area contributed by atoms with Crippen molar-refractivity contribution in [3.8, 4) is 0 Å². The Labute approximate surface area is 125 Å². The van der Waals surface area contributed by atoms with Crippen molar-refractivity contribution >= 4 is 0 Å². The third-order valence-electron chi connectivity index (χ3n) is 2.55. The zero-order chi connectivity index (χ0) is 14.7. The van der Waals surface area contributed by atoms with Crippen LogP contribution in [0.25, 0.3) is 0 Å². The van der Waals surface area contributed by atoms with Crippen molar-refractivity contribution in [3.05, 3.63) is 77.3 Å². The van der Waals surface area contributed by atoms with Gasteiger partial charge in [0.2, 0.25) is 0 Å². The van der Waals surface area contributed by atoms with E-state index in [2.05, 4.69) is 82.7 Å². The quantitative estimate of drug-likeness (QED) is 0.604. The van der Waals surface area contributed by atoms with E-state index in [1.807, 2.05) is 13.8 Å². The molecule has 3 N–H and O–H groups in total. The fourth-order valence-electron chi connectivity index (χ4n) is 1.36. The summed E-state index contributed by atoms with van der Waals surface area (Å²) in [5.41, 5.74) is 5.28. The maximum Gasteiger partial charge on any atom is 0.00833 e. The Kier molecular flexibility index (Phi) is 12.9. The fourth-order valence-corrected chi connectivity index (χ4v) is 1.36. The summed E-state index contributed by atoms with van der Waals surface area (Å²) >= 11 is 0. The minimum Gasteiger partial charge on any atom is -0.344 e. The molecule has 0 saturated heterocycles. The lowest BCUT2D eigenvalue weighted by Crippen LogP contribution is -1.70. The van der Waals surface area contributed by atoms with Gasteiger partial charge in [0.1, 0.15) is 0 Å². The molecular formula is C19H30N. The number of hydrogen-bond donors (Lipinski definition) is 1. The van der Waals surface area contributed by atoms with Crippen LogP contribution in [0.2, 0.25) is 0 Å². The van der Waals surface area contributed by atoms with E-state index in [9.17, 15) is 0 Å². The van der Waals surface area contributed by atoms with Crippen molar-refractivity contribution in [3.63, 3.8) is 0 Å². The van der Waals surface area contributed by atoms with Crippen LogP contribution < -0.4 is 6.15 Å². The number of rotatable bonds is 0. The third kappa shape index (κ3) is 10.3. The number of hydrogen-bond acceptors (Lipinski definition) is 1. The van der Waals surface area contributed by atoms with E-state index in [1.165, 1.54) is 22.3 Å². The average molecular weight is 272 g/mol. The van der Waals surface area contributed by atoms with Gasteiger partial charge in [-0.05, 0) is 27.7 Å². The predicted molar refractivity (Wildman–Crippen MR) is 93.2 cm³/mol. The van der Waals surface area contributed by atoms with Crippen LogP contribution in [0.3, 0.4) is 0 Å². The molecule has 1 aliphatic rings. The van der Waals surface area contributed by atoms with Gasteiger partial charge in [-0.15, -0.1) is 0 Å². The highest BCUT2D eigenvalue weighted by atomic mass is 14.0. The van der Waals surface area contributed by atoms with Gasteiger partial charge in [-0.25, -0.2) is 0 Å². The van der Waals surface area contributed by atoms with Crippen LogP contribution in [0.15, 0.2) is 59.7 Å². The molecule has 2 rings (SSSR count). The lowest BCUT2D eigenvalue weighted by molar-refractivity contribution is 1.40. The lowest BCUT2D eigenvalue weighted by atomic mass is 10.2. The Hall–Kier alpha value is -1.60. The Bertz CT molecular complexity index is 410. The molecule has 0 fully saturated rings. The molecule has 0 unspecified atom stereocenters. The summed E-state index contributed by atoms with van der Waals surface area (Å²) in [6.45, 7) is 12.4. The van der Waals surface area contributed by atoms with E-state index < -0.39 is 0 Å². The Morgan fingerprint density at radius 1 is 0.650 bits per heavy atom. The van der Waals surface area contributed by atoms with Gasteiger partial charge in [0.25, 0.3) is 0 Å². The molecule has 1 radical (unpaired) electrons. The zero-order valence-electron chi connectivity index (χ0n) is 13.9. The number of allylic oxidation sites excluding steroid dienone is 6. The van der Waals surface area contributed by atoms with Crippen molar-refractivity contribution in [2.45, 2.75) is 41.5 Å². The first-order valence-electron chi connectivity index (χ1n) is 6.98. The Balaban J connectivity index is 0.